The fourth-order valence-corrected chi connectivity index (χ4v) is 3.79. The molecule has 2 N–H and O–H groups in total. The first-order chi connectivity index (χ1) is 11.8. The average molecular weight is 360 g/mol. The van der Waals surface area contributed by atoms with Crippen molar-refractivity contribution in [2.45, 2.75) is 24.2 Å². The topological polar surface area (TPSA) is 83.9 Å². The van der Waals surface area contributed by atoms with E-state index in [0.29, 0.717) is 17.5 Å². The maximum atomic E-state index is 14.1. The third-order valence-electron chi connectivity index (χ3n) is 4.21. The Morgan fingerprint density at radius 1 is 0.960 bits per heavy atom. The lowest BCUT2D eigenvalue weighted by atomic mass is 9.96. The molecule has 2 aromatic rings. The number of nitrogens with two attached hydrogens (primary N) is 1. The van der Waals surface area contributed by atoms with Crippen LogP contribution in [0.15, 0.2) is 41.3 Å². The zero-order valence-corrected chi connectivity index (χ0v) is 13.9. The number of hydrogen-bond acceptors (Lipinski definition) is 3. The lowest BCUT2D eigenvalue weighted by Crippen LogP contribution is -2.16. The molecule has 1 aliphatic rings. The Morgan fingerprint density at radius 2 is 1.48 bits per heavy atom. The van der Waals surface area contributed by atoms with Crippen molar-refractivity contribution in [2.24, 2.45) is 5.14 Å². The molecule has 0 amide bonds. The number of benzene rings is 2. The van der Waals surface area contributed by atoms with Gasteiger partial charge in [0.2, 0.25) is 10.0 Å². The van der Waals surface area contributed by atoms with Gasteiger partial charge in [-0.15, -0.1) is 0 Å². The summed E-state index contributed by atoms with van der Waals surface area (Å²) < 4.78 is 50.9. The van der Waals surface area contributed by atoms with Crippen LogP contribution in [0, 0.1) is 23.0 Å². The van der Waals surface area contributed by atoms with E-state index in [9.17, 15) is 17.2 Å². The number of nitrogens with zero attached hydrogens (tertiary/aromatic N) is 1. The van der Waals surface area contributed by atoms with Gasteiger partial charge in [-0.2, -0.15) is 5.26 Å². The minimum Gasteiger partial charge on any atom is -0.224 e. The fraction of sp³-hybridized carbons (Fsp3) is 0.167. The van der Waals surface area contributed by atoms with E-state index in [0.717, 1.165) is 41.7 Å². The minimum absolute atomic E-state index is 0.305. The second-order valence-electron chi connectivity index (χ2n) is 5.81. The minimum atomic E-state index is -4.47. The molecule has 0 spiro atoms. The molecule has 0 bridgehead atoms. The van der Waals surface area contributed by atoms with Gasteiger partial charge in [-0.1, -0.05) is 12.1 Å². The van der Waals surface area contributed by atoms with Gasteiger partial charge < -0.3 is 0 Å². The summed E-state index contributed by atoms with van der Waals surface area (Å²) in [5, 5.41) is 13.7. The molecule has 2 aromatic carbocycles. The van der Waals surface area contributed by atoms with Crippen LogP contribution in [0.4, 0.5) is 8.78 Å². The molecule has 25 heavy (non-hydrogen) atoms. The Morgan fingerprint density at radius 3 is 1.96 bits per heavy atom. The number of nitriles is 1. The fourth-order valence-electron chi connectivity index (χ4n) is 3.13. The van der Waals surface area contributed by atoms with E-state index in [1.807, 2.05) is 6.07 Å². The monoisotopic (exact) mass is 360 g/mol. The second kappa shape index (κ2) is 6.39. The van der Waals surface area contributed by atoms with Crippen LogP contribution >= 0.6 is 0 Å². The molecule has 3 rings (SSSR count). The highest BCUT2D eigenvalue weighted by Gasteiger charge is 2.24. The second-order valence-corrected chi connectivity index (χ2v) is 7.31. The SMILES string of the molecule is N#Cc1ccc(C2=C(c3cc(F)c(S(N)(=O)=O)c(F)c3)CCC2)cc1. The van der Waals surface area contributed by atoms with Crippen molar-refractivity contribution in [3.63, 3.8) is 0 Å². The molecule has 1 aliphatic carbocycles. The molecule has 0 radical (unpaired) electrons. The largest absolute Gasteiger partial charge is 0.243 e. The van der Waals surface area contributed by atoms with Crippen molar-refractivity contribution in [3.8, 4) is 6.07 Å². The molecule has 128 valence electrons. The Labute approximate surface area is 144 Å². The van der Waals surface area contributed by atoms with Gasteiger partial charge in [0.05, 0.1) is 11.6 Å². The van der Waals surface area contributed by atoms with Gasteiger partial charge in [-0.25, -0.2) is 22.3 Å². The van der Waals surface area contributed by atoms with Crippen LogP contribution in [0.2, 0.25) is 0 Å². The summed E-state index contributed by atoms with van der Waals surface area (Å²) in [5.41, 5.74) is 3.41. The smallest absolute Gasteiger partial charge is 0.224 e. The third kappa shape index (κ3) is 3.31. The van der Waals surface area contributed by atoms with Gasteiger partial charge >= 0.3 is 0 Å². The highest BCUT2D eigenvalue weighted by Crippen LogP contribution is 2.40. The van der Waals surface area contributed by atoms with Gasteiger partial charge in [0, 0.05) is 0 Å². The summed E-state index contributed by atoms with van der Waals surface area (Å²) in [7, 11) is -4.47. The molecule has 0 heterocycles. The molecule has 7 heteroatoms. The standard InChI is InChI=1S/C18H14F2N2O2S/c19-16-8-13(9-17(20)18(16)25(22,23)24)15-3-1-2-14(15)12-6-4-11(10-21)5-7-12/h4-9H,1-3H2,(H2,22,23,24). The number of primary sulfonamides is 1. The van der Waals surface area contributed by atoms with Crippen LogP contribution in [0.3, 0.4) is 0 Å². The van der Waals surface area contributed by atoms with Crippen LogP contribution in [-0.4, -0.2) is 8.42 Å². The maximum Gasteiger partial charge on any atom is 0.243 e. The van der Waals surface area contributed by atoms with E-state index < -0.39 is 26.6 Å². The third-order valence-corrected chi connectivity index (χ3v) is 5.17. The summed E-state index contributed by atoms with van der Waals surface area (Å²) in [6.45, 7) is 0. The van der Waals surface area contributed by atoms with E-state index >= 15 is 0 Å². The molecule has 0 aliphatic heterocycles. The van der Waals surface area contributed by atoms with Crippen LogP contribution < -0.4 is 5.14 Å². The van der Waals surface area contributed by atoms with Gasteiger partial charge in [-0.05, 0) is 65.8 Å². The van der Waals surface area contributed by atoms with Gasteiger partial charge in [0.15, 0.2) is 4.90 Å². The zero-order chi connectivity index (χ0) is 18.2. The van der Waals surface area contributed by atoms with Crippen LogP contribution in [-0.2, 0) is 10.0 Å². The molecule has 0 unspecified atom stereocenters. The first kappa shape index (κ1) is 17.3. The molecule has 0 saturated heterocycles. The number of rotatable bonds is 3. The quantitative estimate of drug-likeness (QED) is 0.908. The predicted octanol–water partition coefficient (Wildman–Crippen LogP) is 3.58. The number of sulfonamides is 1. The van der Waals surface area contributed by atoms with Gasteiger partial charge in [0.1, 0.15) is 11.6 Å². The summed E-state index contributed by atoms with van der Waals surface area (Å²) >= 11 is 0. The predicted molar refractivity (Wildman–Crippen MR) is 89.6 cm³/mol. The molecule has 0 saturated carbocycles. The highest BCUT2D eigenvalue weighted by atomic mass is 32.2. The molecule has 0 fully saturated rings. The van der Waals surface area contributed by atoms with E-state index in [4.69, 9.17) is 10.4 Å². The number of halogens is 2. The van der Waals surface area contributed by atoms with E-state index in [2.05, 4.69) is 0 Å². The lowest BCUT2D eigenvalue weighted by molar-refractivity contribution is 0.519. The molecular weight excluding hydrogens is 346 g/mol. The van der Waals surface area contributed by atoms with Crippen molar-refractivity contribution in [2.75, 3.05) is 0 Å². The van der Waals surface area contributed by atoms with Crippen LogP contribution in [0.1, 0.15) is 36.0 Å². The average Bonchev–Trinajstić information content (AvgIpc) is 3.02. The summed E-state index contributed by atoms with van der Waals surface area (Å²) in [6.07, 6.45) is 2.19. The maximum absolute atomic E-state index is 14.1. The van der Waals surface area contributed by atoms with Crippen LogP contribution in [0.25, 0.3) is 11.1 Å². The molecular formula is C18H14F2N2O2S. The first-order valence-electron chi connectivity index (χ1n) is 7.56. The van der Waals surface area contributed by atoms with E-state index in [1.54, 1.807) is 24.3 Å². The van der Waals surface area contributed by atoms with Crippen molar-refractivity contribution < 1.29 is 17.2 Å². The van der Waals surface area contributed by atoms with Crippen molar-refractivity contribution in [1.82, 2.24) is 0 Å². The highest BCUT2D eigenvalue weighted by molar-refractivity contribution is 7.89. The Balaban J connectivity index is 2.12. The van der Waals surface area contributed by atoms with Crippen molar-refractivity contribution in [1.29, 1.82) is 5.26 Å². The molecule has 0 aromatic heterocycles. The van der Waals surface area contributed by atoms with Crippen molar-refractivity contribution >= 4 is 21.2 Å². The zero-order valence-electron chi connectivity index (χ0n) is 13.1. The molecule has 4 nitrogen and oxygen atoms in total. The van der Waals surface area contributed by atoms with E-state index in [1.165, 1.54) is 0 Å². The lowest BCUT2D eigenvalue weighted by Gasteiger charge is -2.11. The summed E-state index contributed by atoms with van der Waals surface area (Å²) in [5.74, 6) is -2.40. The number of hydrogen-bond donors (Lipinski definition) is 1. The first-order valence-corrected chi connectivity index (χ1v) is 9.10. The normalized spacial score (nSPS) is 14.6. The van der Waals surface area contributed by atoms with Gasteiger partial charge in [-0.3, -0.25) is 0 Å². The summed E-state index contributed by atoms with van der Waals surface area (Å²) in [6, 6.07) is 11.0. The molecule has 0 atom stereocenters. The summed E-state index contributed by atoms with van der Waals surface area (Å²) in [4.78, 5) is -1.12. The van der Waals surface area contributed by atoms with E-state index in [-0.39, 0.29) is 0 Å². The van der Waals surface area contributed by atoms with Crippen molar-refractivity contribution in [3.05, 3.63) is 64.7 Å². The Bertz CT molecular complexity index is 997. The van der Waals surface area contributed by atoms with Gasteiger partial charge in [0.25, 0.3) is 0 Å². The Kier molecular flexibility index (Phi) is 4.41. The van der Waals surface area contributed by atoms with Crippen LogP contribution in [0.5, 0.6) is 0 Å². The Hall–Kier alpha value is -2.56. The number of allylic oxidation sites excluding steroid dienone is 2.